The number of nitrogens with zero attached hydrogens (tertiary/aromatic N) is 1. The number of allylic oxidation sites excluding steroid dienone is 2. The quantitative estimate of drug-likeness (QED) is 0.175. The van der Waals surface area contributed by atoms with Crippen molar-refractivity contribution in [1.82, 2.24) is 10.2 Å². The Morgan fingerprint density at radius 1 is 1.06 bits per heavy atom. The van der Waals surface area contributed by atoms with Gasteiger partial charge < -0.3 is 24.6 Å². The number of carbonyl (C=O) groups excluding carboxylic acids is 1. The van der Waals surface area contributed by atoms with Gasteiger partial charge in [0.05, 0.1) is 18.8 Å². The van der Waals surface area contributed by atoms with Crippen LogP contribution < -0.4 is 5.32 Å². The Morgan fingerprint density at radius 3 is 2.20 bits per heavy atom. The smallest absolute Gasteiger partial charge is 0.326 e. The lowest BCUT2D eigenvalue weighted by atomic mass is 9.93. The summed E-state index contributed by atoms with van der Waals surface area (Å²) in [6.07, 6.45) is 11.2. The van der Waals surface area contributed by atoms with Gasteiger partial charge in [-0.15, -0.1) is 0 Å². The first kappa shape index (κ1) is 50.2. The first-order chi connectivity index (χ1) is 24.6. The van der Waals surface area contributed by atoms with Crippen molar-refractivity contribution in [3.63, 3.8) is 0 Å². The summed E-state index contributed by atoms with van der Waals surface area (Å²) >= 11 is 1.56. The molecule has 1 fully saturated rings. The monoisotopic (exact) mass is 730 g/mol. The zero-order valence-electron chi connectivity index (χ0n) is 34.0. The van der Waals surface area contributed by atoms with Gasteiger partial charge in [0.1, 0.15) is 6.04 Å². The number of carbonyl (C=O) groups is 2. The number of aryl methyl sites for hydroxylation is 1. The van der Waals surface area contributed by atoms with E-state index >= 15 is 0 Å². The molecular formula is C42H70N2O6S. The molecule has 1 aliphatic heterocycles. The van der Waals surface area contributed by atoms with E-state index in [1.165, 1.54) is 5.57 Å². The average Bonchev–Trinajstić information content (AvgIpc) is 3.62. The number of benzene rings is 2. The molecule has 290 valence electrons. The topological polar surface area (TPSA) is 97.3 Å². The van der Waals surface area contributed by atoms with Gasteiger partial charge in [0.2, 0.25) is 0 Å². The predicted octanol–water partition coefficient (Wildman–Crippen LogP) is 9.46. The molecule has 2 N–H and O–H groups in total. The largest absolute Gasteiger partial charge is 0.480 e. The molecule has 9 heteroatoms. The molecule has 2 aromatic carbocycles. The minimum atomic E-state index is -1.01. The maximum atomic E-state index is 13.2. The third-order valence-electron chi connectivity index (χ3n) is 7.99. The van der Waals surface area contributed by atoms with Crippen molar-refractivity contribution in [2.45, 2.75) is 106 Å². The van der Waals surface area contributed by atoms with Crippen LogP contribution in [0.2, 0.25) is 0 Å². The maximum Gasteiger partial charge on any atom is 0.326 e. The predicted molar refractivity (Wildman–Crippen MR) is 219 cm³/mol. The van der Waals surface area contributed by atoms with E-state index in [1.807, 2.05) is 109 Å². The van der Waals surface area contributed by atoms with Gasteiger partial charge in [0.25, 0.3) is 5.91 Å². The van der Waals surface area contributed by atoms with E-state index in [4.69, 9.17) is 14.2 Å². The number of likely N-dealkylation sites (tertiary alicyclic amines) is 1. The number of carboxylic acid groups (broad SMARTS) is 1. The molecule has 2 aromatic rings. The van der Waals surface area contributed by atoms with Gasteiger partial charge >= 0.3 is 5.97 Å². The Bertz CT molecular complexity index is 1260. The number of carboxylic acids is 1. The number of methoxy groups -OCH3 is 3. The van der Waals surface area contributed by atoms with Crippen molar-refractivity contribution in [3.05, 3.63) is 83.0 Å². The van der Waals surface area contributed by atoms with Gasteiger partial charge in [0.15, 0.2) is 0 Å². The van der Waals surface area contributed by atoms with Crippen LogP contribution in [-0.4, -0.2) is 93.2 Å². The Kier molecular flexibility index (Phi) is 31.2. The standard InChI is InChI=1S/C25H32N2O4S.C8H14O.C5H12O.2C2H6/c1-17-6-4-5-7-20(17)22-14-18(15-27-12-10-19(16-27)31-2)8-9-21(22)24(28)26-23(25(29)30)11-13-32-3;1-4-6-8(5-2)7-9-3;1-4-5(2)6-3;2*1-2/h4-9,14,19,23H,10-13,15-16H2,1-3H3,(H,26,28)(H,29,30);4-6H,7H2,1-3H3;5H,4H2,1-3H3;2*1-2H3/b;6-4-,8-5+;;;. The first-order valence-electron chi connectivity index (χ1n) is 18.3. The molecule has 1 amide bonds. The van der Waals surface area contributed by atoms with Gasteiger partial charge in [-0.05, 0) is 98.9 Å². The molecule has 0 saturated carbocycles. The van der Waals surface area contributed by atoms with Gasteiger partial charge in [-0.2, -0.15) is 11.8 Å². The van der Waals surface area contributed by atoms with E-state index in [1.54, 1.807) is 33.1 Å². The molecular weight excluding hydrogens is 661 g/mol. The van der Waals surface area contributed by atoms with Crippen molar-refractivity contribution in [2.75, 3.05) is 53.0 Å². The van der Waals surface area contributed by atoms with E-state index in [0.29, 0.717) is 30.4 Å². The molecule has 1 aliphatic rings. The number of nitrogens with one attached hydrogen (secondary N) is 1. The molecule has 0 spiro atoms. The lowest BCUT2D eigenvalue weighted by Crippen LogP contribution is -2.41. The zero-order valence-corrected chi connectivity index (χ0v) is 34.8. The highest BCUT2D eigenvalue weighted by Crippen LogP contribution is 2.29. The second kappa shape index (κ2) is 31.8. The minimum absolute atomic E-state index is 0.269. The Balaban J connectivity index is 0. The van der Waals surface area contributed by atoms with Crippen LogP contribution in [-0.2, 0) is 25.5 Å². The van der Waals surface area contributed by atoms with E-state index in [-0.39, 0.29) is 12.0 Å². The van der Waals surface area contributed by atoms with Crippen molar-refractivity contribution in [2.24, 2.45) is 0 Å². The normalized spacial score (nSPS) is 15.1. The lowest BCUT2D eigenvalue weighted by molar-refractivity contribution is -0.139. The van der Waals surface area contributed by atoms with Crippen LogP contribution >= 0.6 is 11.8 Å². The van der Waals surface area contributed by atoms with Gasteiger partial charge in [0, 0.05) is 46.5 Å². The Labute approximate surface area is 315 Å². The van der Waals surface area contributed by atoms with Crippen LogP contribution in [0.4, 0.5) is 0 Å². The van der Waals surface area contributed by atoms with Crippen LogP contribution in [0.1, 0.15) is 96.1 Å². The molecule has 0 aromatic heterocycles. The molecule has 51 heavy (non-hydrogen) atoms. The summed E-state index contributed by atoms with van der Waals surface area (Å²) in [6, 6.07) is 12.9. The molecule has 0 radical (unpaired) electrons. The molecule has 1 saturated heterocycles. The molecule has 0 bridgehead atoms. The van der Waals surface area contributed by atoms with Crippen LogP contribution in [0.15, 0.2) is 66.3 Å². The van der Waals surface area contributed by atoms with Crippen molar-refractivity contribution in [3.8, 4) is 11.1 Å². The van der Waals surface area contributed by atoms with E-state index in [2.05, 4.69) is 30.1 Å². The van der Waals surface area contributed by atoms with Crippen LogP contribution in [0.5, 0.6) is 0 Å². The fourth-order valence-corrected chi connectivity index (χ4v) is 5.35. The third kappa shape index (κ3) is 20.6. The summed E-state index contributed by atoms with van der Waals surface area (Å²) in [4.78, 5) is 27.2. The molecule has 8 nitrogen and oxygen atoms in total. The first-order valence-corrected chi connectivity index (χ1v) is 19.7. The highest BCUT2D eigenvalue weighted by atomic mass is 32.2. The van der Waals surface area contributed by atoms with Crippen LogP contribution in [0.25, 0.3) is 11.1 Å². The molecule has 3 atom stereocenters. The number of ether oxygens (including phenoxy) is 3. The summed E-state index contributed by atoms with van der Waals surface area (Å²) in [6.45, 7) is 21.6. The minimum Gasteiger partial charge on any atom is -0.480 e. The van der Waals surface area contributed by atoms with Crippen molar-refractivity contribution < 1.29 is 28.9 Å². The molecule has 3 rings (SSSR count). The number of aliphatic carboxylic acids is 1. The number of hydrogen-bond acceptors (Lipinski definition) is 7. The summed E-state index contributed by atoms with van der Waals surface area (Å²) in [5.74, 6) is -0.703. The number of rotatable bonds is 15. The molecule has 0 aliphatic carbocycles. The fourth-order valence-electron chi connectivity index (χ4n) is 4.88. The number of hydrogen-bond donors (Lipinski definition) is 2. The van der Waals surface area contributed by atoms with E-state index in [9.17, 15) is 14.7 Å². The second-order valence-corrected chi connectivity index (χ2v) is 12.5. The highest BCUT2D eigenvalue weighted by molar-refractivity contribution is 7.98. The SMILES string of the molecule is C/C=C\C(=C/C)COC.CC.CC.CCC(C)OC.COC1CCN(Cc2ccc(C(=O)NC(CCSC)C(=O)O)c(-c3ccccc3C)c2)C1. The summed E-state index contributed by atoms with van der Waals surface area (Å²) < 4.78 is 15.3. The van der Waals surface area contributed by atoms with E-state index < -0.39 is 12.0 Å². The summed E-state index contributed by atoms with van der Waals surface area (Å²) in [5.41, 5.74) is 5.71. The Morgan fingerprint density at radius 2 is 1.73 bits per heavy atom. The third-order valence-corrected chi connectivity index (χ3v) is 8.63. The lowest BCUT2D eigenvalue weighted by Gasteiger charge is -2.19. The van der Waals surface area contributed by atoms with Gasteiger partial charge in [-0.3, -0.25) is 9.69 Å². The van der Waals surface area contributed by atoms with Crippen LogP contribution in [0, 0.1) is 6.92 Å². The molecule has 1 heterocycles. The highest BCUT2D eigenvalue weighted by Gasteiger charge is 2.25. The number of thioether (sulfide) groups is 1. The van der Waals surface area contributed by atoms with E-state index in [0.717, 1.165) is 54.7 Å². The maximum absolute atomic E-state index is 13.2. The average molecular weight is 731 g/mol. The zero-order chi connectivity index (χ0) is 39.2. The van der Waals surface area contributed by atoms with Crippen LogP contribution in [0.3, 0.4) is 0 Å². The fraction of sp³-hybridized carbons (Fsp3) is 0.571. The van der Waals surface area contributed by atoms with Crippen molar-refractivity contribution in [1.29, 1.82) is 0 Å². The molecule has 3 unspecified atom stereocenters. The van der Waals surface area contributed by atoms with Gasteiger partial charge in [-0.25, -0.2) is 4.79 Å². The number of amides is 1. The summed E-state index contributed by atoms with van der Waals surface area (Å²) in [7, 11) is 5.18. The second-order valence-electron chi connectivity index (χ2n) is 11.5. The Hall–Kier alpha value is -2.95. The van der Waals surface area contributed by atoms with Crippen molar-refractivity contribution >= 4 is 23.6 Å². The summed E-state index contributed by atoms with van der Waals surface area (Å²) in [5, 5.41) is 12.3. The van der Waals surface area contributed by atoms with Gasteiger partial charge in [-0.1, -0.05) is 83.2 Å².